The van der Waals surface area contributed by atoms with E-state index in [0.717, 1.165) is 5.56 Å². The van der Waals surface area contributed by atoms with E-state index < -0.39 is 51.4 Å². The Labute approximate surface area is 180 Å². The van der Waals surface area contributed by atoms with Crippen molar-refractivity contribution in [3.63, 3.8) is 0 Å². The van der Waals surface area contributed by atoms with E-state index in [1.807, 2.05) is 6.07 Å². The molecule has 9 heteroatoms. The second kappa shape index (κ2) is 7.77. The van der Waals surface area contributed by atoms with Crippen molar-refractivity contribution in [2.75, 3.05) is 0 Å². The van der Waals surface area contributed by atoms with Crippen LogP contribution in [0.25, 0.3) is 17.2 Å². The third-order valence-corrected chi connectivity index (χ3v) is 8.40. The van der Waals surface area contributed by atoms with E-state index in [2.05, 4.69) is 14.7 Å². The Balaban J connectivity index is 1.62. The minimum Gasteiger partial charge on any atom is -0.256 e. The summed E-state index contributed by atoms with van der Waals surface area (Å²) in [6.07, 6.45) is 5.82. The Bertz CT molecular complexity index is 1160. The summed E-state index contributed by atoms with van der Waals surface area (Å²) in [4.78, 5) is 8.40. The number of halogens is 2. The number of rotatable bonds is 3. The van der Waals surface area contributed by atoms with E-state index in [1.165, 1.54) is 6.92 Å². The van der Waals surface area contributed by atoms with E-state index in [0.29, 0.717) is 17.0 Å². The third-order valence-electron chi connectivity index (χ3n) is 6.42. The molecule has 4 rings (SSSR count). The van der Waals surface area contributed by atoms with Crippen LogP contribution in [0.4, 0.5) is 8.78 Å². The first-order chi connectivity index (χ1) is 14.6. The number of hydrogen-bond acceptors (Lipinski definition) is 5. The second-order valence-corrected chi connectivity index (χ2v) is 10.2. The first-order valence-corrected chi connectivity index (χ1v) is 11.6. The van der Waals surface area contributed by atoms with Crippen molar-refractivity contribution in [2.24, 2.45) is 17.8 Å². The van der Waals surface area contributed by atoms with Crippen LogP contribution in [0.3, 0.4) is 0 Å². The highest BCUT2D eigenvalue weighted by Gasteiger charge is 2.60. The van der Waals surface area contributed by atoms with Gasteiger partial charge in [-0.3, -0.25) is 4.98 Å². The zero-order valence-electron chi connectivity index (χ0n) is 17.0. The summed E-state index contributed by atoms with van der Waals surface area (Å²) >= 11 is 0. The average molecular weight is 445 g/mol. The lowest BCUT2D eigenvalue weighted by Gasteiger charge is -2.42. The molecule has 1 aliphatic carbocycles. The fraction of sp³-hybridized carbons (Fsp3) is 0.409. The fourth-order valence-corrected chi connectivity index (χ4v) is 6.87. The highest BCUT2D eigenvalue weighted by Crippen LogP contribution is 2.50. The molecule has 2 aromatic heterocycles. The van der Waals surface area contributed by atoms with Crippen LogP contribution in [0.15, 0.2) is 42.7 Å². The number of nitriles is 1. The number of pyridine rings is 2. The molecule has 3 heterocycles. The maximum Gasteiger partial charge on any atom is 0.252 e. The molecule has 0 aromatic carbocycles. The molecule has 1 saturated heterocycles. The smallest absolute Gasteiger partial charge is 0.252 e. The molecule has 162 valence electrons. The van der Waals surface area contributed by atoms with Crippen molar-refractivity contribution in [1.29, 1.82) is 5.26 Å². The van der Waals surface area contributed by atoms with E-state index in [-0.39, 0.29) is 0 Å². The van der Waals surface area contributed by atoms with Crippen LogP contribution in [0.5, 0.6) is 0 Å². The first-order valence-electron chi connectivity index (χ1n) is 10.0. The monoisotopic (exact) mass is 444 g/mol. The highest BCUT2D eigenvalue weighted by atomic mass is 32.2. The average Bonchev–Trinajstić information content (AvgIpc) is 2.96. The largest absolute Gasteiger partial charge is 0.256 e. The van der Waals surface area contributed by atoms with Gasteiger partial charge in [-0.05, 0) is 37.1 Å². The van der Waals surface area contributed by atoms with Crippen molar-refractivity contribution in [3.05, 3.63) is 54.1 Å². The third kappa shape index (κ3) is 3.86. The fourth-order valence-electron chi connectivity index (χ4n) is 4.75. The molecule has 1 saturated carbocycles. The number of allylic oxidation sites excluding steroid dienone is 1. The van der Waals surface area contributed by atoms with E-state index in [4.69, 9.17) is 0 Å². The first kappa shape index (κ1) is 21.5. The lowest BCUT2D eigenvalue weighted by molar-refractivity contribution is -0.107. The van der Waals surface area contributed by atoms with Crippen LogP contribution in [-0.2, 0) is 10.0 Å². The molecule has 0 amide bonds. The predicted molar refractivity (Wildman–Crippen MR) is 112 cm³/mol. The van der Waals surface area contributed by atoms with Crippen LogP contribution in [-0.4, -0.2) is 35.6 Å². The SMILES string of the molecule is C[C@H]1NS(=O)(=O)[C@@H]2CC(F)(F)[C@@H](C)[C@H](/C=C/c3ccc(-c4cccnc4C#N)cn3)[C@@H]21. The molecular weight excluding hydrogens is 422 g/mol. The number of fused-ring (bicyclic) bond motifs is 1. The van der Waals surface area contributed by atoms with Gasteiger partial charge in [-0.15, -0.1) is 0 Å². The van der Waals surface area contributed by atoms with Crippen LogP contribution in [0, 0.1) is 29.1 Å². The van der Waals surface area contributed by atoms with Crippen molar-refractivity contribution in [1.82, 2.24) is 14.7 Å². The summed E-state index contributed by atoms with van der Waals surface area (Å²) in [5, 5.41) is 8.11. The standard InChI is InChI=1S/C22H22F2N4O2S/c1-13-17(21-14(2)28-31(29,30)20(21)10-22(13,23)24)8-7-16-6-5-15(12-27-16)18-4-3-9-26-19(18)11-25/h3-9,12-14,17,20-21,28H,10H2,1-2H3/b8-7+/t13-,14+,17-,20+,21-/m0/s1. The minimum absolute atomic E-state index is 0.292. The van der Waals surface area contributed by atoms with E-state index >= 15 is 0 Å². The lowest BCUT2D eigenvalue weighted by atomic mass is 9.68. The van der Waals surface area contributed by atoms with Crippen molar-refractivity contribution in [2.45, 2.75) is 37.5 Å². The Morgan fingerprint density at radius 3 is 2.71 bits per heavy atom. The van der Waals surface area contributed by atoms with Gasteiger partial charge in [0.2, 0.25) is 10.0 Å². The number of nitrogens with zero attached hydrogens (tertiary/aromatic N) is 3. The number of alkyl halides is 2. The highest BCUT2D eigenvalue weighted by molar-refractivity contribution is 7.90. The van der Waals surface area contributed by atoms with Crippen LogP contribution in [0.2, 0.25) is 0 Å². The van der Waals surface area contributed by atoms with Gasteiger partial charge in [-0.25, -0.2) is 26.9 Å². The van der Waals surface area contributed by atoms with Gasteiger partial charge in [-0.2, -0.15) is 5.26 Å². The Morgan fingerprint density at radius 1 is 1.26 bits per heavy atom. The van der Waals surface area contributed by atoms with Gasteiger partial charge in [-0.1, -0.05) is 19.1 Å². The minimum atomic E-state index is -3.76. The molecule has 0 radical (unpaired) electrons. The number of sulfonamides is 1. The summed E-state index contributed by atoms with van der Waals surface area (Å²) in [7, 11) is -3.76. The molecule has 31 heavy (non-hydrogen) atoms. The van der Waals surface area contributed by atoms with Crippen molar-refractivity contribution >= 4 is 16.1 Å². The van der Waals surface area contributed by atoms with E-state index in [9.17, 15) is 22.5 Å². The van der Waals surface area contributed by atoms with Crippen molar-refractivity contribution in [3.8, 4) is 17.2 Å². The summed E-state index contributed by atoms with van der Waals surface area (Å²) in [6, 6.07) is 8.66. The molecular formula is C22H22F2N4O2S. The zero-order valence-corrected chi connectivity index (χ0v) is 17.9. The van der Waals surface area contributed by atoms with Crippen LogP contribution < -0.4 is 4.72 Å². The van der Waals surface area contributed by atoms with Gasteiger partial charge in [0.25, 0.3) is 5.92 Å². The molecule has 1 aliphatic heterocycles. The maximum absolute atomic E-state index is 14.6. The molecule has 6 nitrogen and oxygen atoms in total. The number of aromatic nitrogens is 2. The summed E-state index contributed by atoms with van der Waals surface area (Å²) in [6.45, 7) is 3.21. The predicted octanol–water partition coefficient (Wildman–Crippen LogP) is 3.63. The molecule has 2 aliphatic rings. The Kier molecular flexibility index (Phi) is 5.40. The zero-order chi connectivity index (χ0) is 22.4. The maximum atomic E-state index is 14.6. The van der Waals surface area contributed by atoms with Gasteiger partial charge in [0.15, 0.2) is 0 Å². The topological polar surface area (TPSA) is 95.7 Å². The van der Waals surface area contributed by atoms with Crippen molar-refractivity contribution < 1.29 is 17.2 Å². The summed E-state index contributed by atoms with van der Waals surface area (Å²) in [5.74, 6) is -5.10. The molecule has 0 unspecified atom stereocenters. The van der Waals surface area contributed by atoms with Gasteiger partial charge < -0.3 is 0 Å². The molecule has 2 aromatic rings. The Morgan fingerprint density at radius 2 is 2.03 bits per heavy atom. The normalized spacial score (nSPS) is 31.3. The van der Waals surface area contributed by atoms with Crippen LogP contribution in [0.1, 0.15) is 31.7 Å². The van der Waals surface area contributed by atoms with Crippen LogP contribution >= 0.6 is 0 Å². The molecule has 2 fully saturated rings. The Hall–Kier alpha value is -2.70. The molecule has 5 atom stereocenters. The quantitative estimate of drug-likeness (QED) is 0.780. The molecule has 0 bridgehead atoms. The van der Waals surface area contributed by atoms with Gasteiger partial charge >= 0.3 is 0 Å². The number of nitrogens with one attached hydrogen (secondary N) is 1. The summed E-state index contributed by atoms with van der Waals surface area (Å²) < 4.78 is 56.4. The molecule has 1 N–H and O–H groups in total. The van der Waals surface area contributed by atoms with Gasteiger partial charge in [0, 0.05) is 47.8 Å². The summed E-state index contributed by atoms with van der Waals surface area (Å²) in [5.41, 5.74) is 2.23. The molecule has 0 spiro atoms. The van der Waals surface area contributed by atoms with Gasteiger partial charge in [0.1, 0.15) is 11.8 Å². The second-order valence-electron chi connectivity index (χ2n) is 8.24. The van der Waals surface area contributed by atoms with Gasteiger partial charge in [0.05, 0.1) is 10.9 Å². The number of hydrogen-bond donors (Lipinski definition) is 1. The lowest BCUT2D eigenvalue weighted by Crippen LogP contribution is -2.49. The van der Waals surface area contributed by atoms with E-state index in [1.54, 1.807) is 55.7 Å².